The molecule has 0 unspecified atom stereocenters. The number of likely N-dealkylation sites (N-methyl/N-ethyl adjacent to an activating group) is 1. The van der Waals surface area contributed by atoms with Crippen LogP contribution in [0.1, 0.15) is 83.7 Å². The van der Waals surface area contributed by atoms with Crippen molar-refractivity contribution < 1.29 is 42.9 Å². The molecule has 4 amide bonds. The molecular weight excluding hydrogens is 872 g/mol. The SMILES string of the molecule is CCn1c(-c2cccnc2[C@H](C)OC)c2c3cc(ccc31)-c1cc(O)cc(c1)C[C@H](NC(=O)[C@H](C(C)C)N(C)C(=O)[C@]1(F)CCN(C(=O)[C@H]3CN3)C1)C(=O)N1CCC[C@H](N1)C(=O)OCC(C)(C)C2. The van der Waals surface area contributed by atoms with Gasteiger partial charge in [0.05, 0.1) is 36.7 Å². The highest BCUT2D eigenvalue weighted by Crippen LogP contribution is 2.42. The molecule has 0 spiro atoms. The number of hydrogen-bond acceptors (Lipinski definition) is 11. The van der Waals surface area contributed by atoms with Crippen LogP contribution < -0.4 is 16.1 Å². The van der Waals surface area contributed by atoms with Gasteiger partial charge in [-0.25, -0.2) is 9.82 Å². The minimum atomic E-state index is -2.40. The van der Waals surface area contributed by atoms with Crippen LogP contribution >= 0.6 is 0 Å². The Kier molecular flexibility index (Phi) is 13.7. The fourth-order valence-corrected chi connectivity index (χ4v) is 10.3. The van der Waals surface area contributed by atoms with Crippen LogP contribution in [-0.4, -0.2) is 136 Å². The molecule has 0 saturated carbocycles. The van der Waals surface area contributed by atoms with Crippen molar-refractivity contribution in [3.05, 3.63) is 71.5 Å². The summed E-state index contributed by atoms with van der Waals surface area (Å²) in [5, 5.41) is 19.5. The molecule has 17 heteroatoms. The second-order valence-corrected chi connectivity index (χ2v) is 20.1. The lowest BCUT2D eigenvalue weighted by Gasteiger charge is -2.37. The minimum Gasteiger partial charge on any atom is -0.508 e. The lowest BCUT2D eigenvalue weighted by Crippen LogP contribution is -2.62. The molecule has 3 saturated heterocycles. The minimum absolute atomic E-state index is 0.0506. The summed E-state index contributed by atoms with van der Waals surface area (Å²) in [5.74, 6) is -3.50. The summed E-state index contributed by atoms with van der Waals surface area (Å²) in [6.07, 6.45) is 2.57. The molecule has 0 radical (unpaired) electrons. The number of aryl methyl sites for hydroxylation is 1. The molecule has 6 atom stereocenters. The second kappa shape index (κ2) is 19.2. The zero-order valence-electron chi connectivity index (χ0n) is 40.4. The fourth-order valence-electron chi connectivity index (χ4n) is 10.3. The van der Waals surface area contributed by atoms with Gasteiger partial charge in [-0.05, 0) is 97.7 Å². The first-order valence-electron chi connectivity index (χ1n) is 23.8. The highest BCUT2D eigenvalue weighted by molar-refractivity contribution is 5.97. The number of nitrogens with one attached hydrogen (secondary N) is 3. The number of hydrogen-bond donors (Lipinski definition) is 4. The summed E-state index contributed by atoms with van der Waals surface area (Å²) < 4.78 is 30.7. The Bertz CT molecular complexity index is 2610. The lowest BCUT2D eigenvalue weighted by molar-refractivity contribution is -0.155. The number of carbonyl (C=O) groups excluding carboxylic acids is 5. The number of ether oxygens (including phenoxy) is 2. The van der Waals surface area contributed by atoms with Crippen molar-refractivity contribution in [2.75, 3.05) is 46.9 Å². The van der Waals surface area contributed by atoms with E-state index in [0.29, 0.717) is 43.5 Å². The van der Waals surface area contributed by atoms with E-state index in [1.54, 1.807) is 39.3 Å². The number of likely N-dealkylation sites (tertiary alicyclic amines) is 1. The van der Waals surface area contributed by atoms with Crippen LogP contribution in [0.2, 0.25) is 0 Å². The molecular formula is C51H65FN8O8. The number of rotatable bonds is 10. The summed E-state index contributed by atoms with van der Waals surface area (Å²) in [6, 6.07) is 11.5. The number of benzene rings is 2. The fraction of sp³-hybridized carbons (Fsp3) is 0.529. The molecule has 4 aromatic rings. The van der Waals surface area contributed by atoms with E-state index in [-0.39, 0.29) is 56.3 Å². The smallest absolute Gasteiger partial charge is 0.324 e. The number of phenols is 1. The van der Waals surface area contributed by atoms with E-state index < -0.39 is 65.4 Å². The molecule has 3 fully saturated rings. The van der Waals surface area contributed by atoms with E-state index in [1.807, 2.05) is 25.1 Å². The number of aromatic nitrogens is 2. The van der Waals surface area contributed by atoms with E-state index in [9.17, 15) is 29.1 Å². The zero-order valence-corrected chi connectivity index (χ0v) is 40.4. The standard InChI is InChI=1S/C51H65FN8O8/c1-9-59-41-15-14-32-24-36(41)37(44(59)35-12-10-17-53-42(35)30(4)67-8)25-50(5,6)28-68-48(65)38-13-11-18-60(56-38)47(64)39(22-31-20-33(32)23-34(61)21-31)55-45(62)43(29(2)3)57(7)49(66)51(52)16-19-58(27-51)46(63)40-26-54-40/h10,12,14-15,17,20-21,23-24,29-30,38-40,43,54,56,61H,9,11,13,16,18-19,22,25-28H2,1-8H3,(H,55,62)/t30-,38-,39-,40+,43-,51-/m0/s1. The van der Waals surface area contributed by atoms with Gasteiger partial charge in [-0.3, -0.25) is 34.0 Å². The number of amides is 4. The summed E-state index contributed by atoms with van der Waals surface area (Å²) in [6.45, 7) is 12.8. The molecule has 4 N–H and O–H groups in total. The van der Waals surface area contributed by atoms with E-state index in [1.165, 1.54) is 17.0 Å². The molecule has 68 heavy (non-hydrogen) atoms. The number of nitrogens with zero attached hydrogens (tertiary/aromatic N) is 5. The van der Waals surface area contributed by atoms with Crippen LogP contribution in [0.25, 0.3) is 33.3 Å². The molecule has 6 heterocycles. The number of carbonyl (C=O) groups is 5. The third-order valence-electron chi connectivity index (χ3n) is 13.9. The third kappa shape index (κ3) is 9.70. The van der Waals surface area contributed by atoms with Crippen LogP contribution in [0.4, 0.5) is 4.39 Å². The predicted molar refractivity (Wildman–Crippen MR) is 254 cm³/mol. The molecule has 8 rings (SSSR count). The highest BCUT2D eigenvalue weighted by Gasteiger charge is 2.51. The Hall–Kier alpha value is -5.91. The maximum atomic E-state index is 16.5. The average Bonchev–Trinajstić information content (AvgIpc) is 4.03. The van der Waals surface area contributed by atoms with E-state index in [4.69, 9.17) is 14.5 Å². The first-order valence-corrected chi connectivity index (χ1v) is 23.8. The highest BCUT2D eigenvalue weighted by atomic mass is 19.1. The first-order chi connectivity index (χ1) is 32.3. The molecule has 16 nitrogen and oxygen atoms in total. The average molecular weight is 937 g/mol. The lowest BCUT2D eigenvalue weighted by atomic mass is 9.84. The molecule has 0 aliphatic carbocycles. The maximum Gasteiger partial charge on any atom is 0.324 e. The zero-order chi connectivity index (χ0) is 48.8. The molecule has 2 aromatic heterocycles. The quantitative estimate of drug-likeness (QED) is 0.125. The monoisotopic (exact) mass is 936 g/mol. The van der Waals surface area contributed by atoms with Crippen molar-refractivity contribution in [3.63, 3.8) is 0 Å². The normalized spacial score (nSPS) is 23.8. The largest absolute Gasteiger partial charge is 0.508 e. The number of pyridine rings is 1. The van der Waals surface area contributed by atoms with Crippen molar-refractivity contribution in [1.82, 2.24) is 40.4 Å². The Labute approximate surface area is 396 Å². The Balaban J connectivity index is 1.18. The number of fused-ring (bicyclic) bond motifs is 6. The number of aromatic hydroxyl groups is 1. The van der Waals surface area contributed by atoms with Crippen LogP contribution in [0.5, 0.6) is 5.75 Å². The van der Waals surface area contributed by atoms with E-state index in [2.05, 4.69) is 59.6 Å². The Morgan fingerprint density at radius 1 is 1.09 bits per heavy atom. The number of esters is 1. The molecule has 4 aliphatic heterocycles. The predicted octanol–water partition coefficient (Wildman–Crippen LogP) is 4.85. The number of methoxy groups -OCH3 is 1. The van der Waals surface area contributed by atoms with E-state index >= 15 is 4.39 Å². The molecule has 2 aromatic carbocycles. The number of alkyl halides is 1. The topological polar surface area (TPSA) is 198 Å². The summed E-state index contributed by atoms with van der Waals surface area (Å²) in [4.78, 5) is 77.1. The molecule has 6 bridgehead atoms. The van der Waals surface area contributed by atoms with Gasteiger partial charge in [0.1, 0.15) is 23.9 Å². The van der Waals surface area contributed by atoms with Gasteiger partial charge in [-0.1, -0.05) is 39.8 Å². The second-order valence-electron chi connectivity index (χ2n) is 20.1. The Morgan fingerprint density at radius 2 is 1.85 bits per heavy atom. The van der Waals surface area contributed by atoms with Crippen LogP contribution in [0, 0.1) is 11.3 Å². The van der Waals surface area contributed by atoms with E-state index in [0.717, 1.165) is 43.9 Å². The van der Waals surface area contributed by atoms with Crippen molar-refractivity contribution in [3.8, 4) is 28.1 Å². The van der Waals surface area contributed by atoms with Gasteiger partial charge in [0.2, 0.25) is 17.5 Å². The van der Waals surface area contributed by atoms with Gasteiger partial charge >= 0.3 is 5.97 Å². The van der Waals surface area contributed by atoms with Gasteiger partial charge in [0, 0.05) is 81.3 Å². The summed E-state index contributed by atoms with van der Waals surface area (Å²) in [5.41, 5.74) is 6.85. The summed E-state index contributed by atoms with van der Waals surface area (Å²) >= 11 is 0. The number of phenolic OH excluding ortho intramolecular Hbond substituents is 1. The first kappa shape index (κ1) is 48.5. The number of hydrazine groups is 1. The van der Waals surface area contributed by atoms with Gasteiger partial charge < -0.3 is 39.6 Å². The van der Waals surface area contributed by atoms with Gasteiger partial charge in [-0.2, -0.15) is 0 Å². The van der Waals surface area contributed by atoms with Crippen LogP contribution in [0.3, 0.4) is 0 Å². The summed E-state index contributed by atoms with van der Waals surface area (Å²) in [7, 11) is 3.03. The van der Waals surface area contributed by atoms with Crippen molar-refractivity contribution in [2.45, 2.75) is 116 Å². The van der Waals surface area contributed by atoms with Crippen molar-refractivity contribution in [2.24, 2.45) is 11.3 Å². The van der Waals surface area contributed by atoms with Gasteiger partial charge in [0.15, 0.2) is 0 Å². The number of halogens is 1. The molecule has 364 valence electrons. The van der Waals surface area contributed by atoms with Crippen molar-refractivity contribution in [1.29, 1.82) is 0 Å². The molecule has 4 aliphatic rings. The van der Waals surface area contributed by atoms with Gasteiger partial charge in [0.25, 0.3) is 11.8 Å². The van der Waals surface area contributed by atoms with Crippen LogP contribution in [-0.2, 0) is 52.8 Å². The van der Waals surface area contributed by atoms with Crippen LogP contribution in [0.15, 0.2) is 54.7 Å². The Morgan fingerprint density at radius 3 is 2.56 bits per heavy atom. The van der Waals surface area contributed by atoms with Crippen molar-refractivity contribution >= 4 is 40.5 Å². The third-order valence-corrected chi connectivity index (χ3v) is 13.9. The maximum absolute atomic E-state index is 16.5. The van der Waals surface area contributed by atoms with Gasteiger partial charge in [-0.15, -0.1) is 0 Å². The number of cyclic esters (lactones) is 1.